The zero-order chi connectivity index (χ0) is 15.5. The van der Waals surface area contributed by atoms with Crippen LogP contribution in [0.15, 0.2) is 15.4 Å². The molecule has 1 aromatic rings. The van der Waals surface area contributed by atoms with E-state index in [9.17, 15) is 8.42 Å². The van der Waals surface area contributed by atoms with E-state index < -0.39 is 10.0 Å². The molecule has 0 bridgehead atoms. The number of furan rings is 1. The minimum atomic E-state index is -3.56. The molecule has 6 nitrogen and oxygen atoms in total. The first-order valence-corrected chi connectivity index (χ1v) is 8.79. The Hall–Kier alpha value is -0.890. The zero-order valence-corrected chi connectivity index (χ0v) is 13.4. The zero-order valence-electron chi connectivity index (χ0n) is 12.6. The highest BCUT2D eigenvalue weighted by Gasteiger charge is 2.22. The first-order valence-electron chi connectivity index (χ1n) is 7.30. The molecule has 0 unspecified atom stereocenters. The molecule has 1 aromatic heterocycles. The molecule has 2 heterocycles. The summed E-state index contributed by atoms with van der Waals surface area (Å²) in [5.41, 5.74) is 0. The molecular formula is C14H24N2O4S. The first kappa shape index (κ1) is 16.5. The average molecular weight is 316 g/mol. The van der Waals surface area contributed by atoms with Crippen molar-refractivity contribution in [2.45, 2.75) is 37.7 Å². The minimum absolute atomic E-state index is 0.120. The van der Waals surface area contributed by atoms with Crippen molar-refractivity contribution in [1.29, 1.82) is 0 Å². The van der Waals surface area contributed by atoms with Crippen molar-refractivity contribution in [2.75, 3.05) is 26.7 Å². The van der Waals surface area contributed by atoms with Crippen molar-refractivity contribution in [3.05, 3.63) is 17.6 Å². The molecule has 0 amide bonds. The van der Waals surface area contributed by atoms with Crippen molar-refractivity contribution in [3.63, 3.8) is 0 Å². The Balaban J connectivity index is 1.88. The van der Waals surface area contributed by atoms with Crippen molar-refractivity contribution in [3.8, 4) is 0 Å². The van der Waals surface area contributed by atoms with Gasteiger partial charge in [0.15, 0.2) is 0 Å². The number of nitrogens with one attached hydrogen (secondary N) is 1. The number of nitrogens with zero attached hydrogens (tertiary/aromatic N) is 1. The van der Waals surface area contributed by atoms with Gasteiger partial charge in [-0.1, -0.05) is 0 Å². The van der Waals surface area contributed by atoms with Gasteiger partial charge in [-0.25, -0.2) is 13.1 Å². The van der Waals surface area contributed by atoms with Gasteiger partial charge in [0.05, 0.1) is 0 Å². The molecule has 0 spiro atoms. The smallest absolute Gasteiger partial charge is 0.244 e. The molecule has 2 N–H and O–H groups in total. The van der Waals surface area contributed by atoms with E-state index in [1.165, 1.54) is 6.07 Å². The summed E-state index contributed by atoms with van der Waals surface area (Å²) in [6.07, 6.45) is 3.10. The summed E-state index contributed by atoms with van der Waals surface area (Å²) in [6, 6.07) is 1.38. The van der Waals surface area contributed by atoms with E-state index in [2.05, 4.69) is 16.7 Å². The third-order valence-corrected chi connectivity index (χ3v) is 5.62. The molecule has 2 rings (SSSR count). The van der Waals surface area contributed by atoms with Crippen LogP contribution in [0.5, 0.6) is 0 Å². The number of rotatable bonds is 6. The number of aliphatic hydroxyl groups excluding tert-OH is 1. The van der Waals surface area contributed by atoms with Crippen molar-refractivity contribution in [2.24, 2.45) is 5.92 Å². The lowest BCUT2D eigenvalue weighted by molar-refractivity contribution is 0.213. The topological polar surface area (TPSA) is 82.8 Å². The monoisotopic (exact) mass is 316 g/mol. The number of piperidine rings is 1. The van der Waals surface area contributed by atoms with Gasteiger partial charge in [0.1, 0.15) is 23.0 Å². The third-order valence-electron chi connectivity index (χ3n) is 4.05. The number of aryl methyl sites for hydroxylation is 1. The summed E-state index contributed by atoms with van der Waals surface area (Å²) in [5, 5.41) is 9.00. The highest BCUT2D eigenvalue weighted by molar-refractivity contribution is 7.89. The van der Waals surface area contributed by atoms with Crippen LogP contribution in [-0.4, -0.2) is 45.1 Å². The Morgan fingerprint density at radius 3 is 2.67 bits per heavy atom. The molecule has 1 aliphatic rings. The predicted molar refractivity (Wildman–Crippen MR) is 79.4 cm³/mol. The summed E-state index contributed by atoms with van der Waals surface area (Å²) >= 11 is 0. The lowest BCUT2D eigenvalue weighted by Crippen LogP contribution is -2.32. The van der Waals surface area contributed by atoms with Gasteiger partial charge in [0.25, 0.3) is 0 Å². The van der Waals surface area contributed by atoms with E-state index in [-0.39, 0.29) is 17.3 Å². The molecular weight excluding hydrogens is 292 g/mol. The summed E-state index contributed by atoms with van der Waals surface area (Å²) in [6.45, 7) is 3.89. The van der Waals surface area contributed by atoms with Crippen LogP contribution in [0.3, 0.4) is 0 Å². The average Bonchev–Trinajstić information content (AvgIpc) is 2.83. The SMILES string of the molecule is Cc1oc(CO)cc1S(=O)(=O)NCCC1CCN(C)CC1. The number of hydrogen-bond donors (Lipinski definition) is 2. The van der Waals surface area contributed by atoms with Crippen LogP contribution in [0.1, 0.15) is 30.8 Å². The largest absolute Gasteiger partial charge is 0.462 e. The number of likely N-dealkylation sites (tertiary alicyclic amines) is 1. The molecule has 0 radical (unpaired) electrons. The molecule has 0 aromatic carbocycles. The van der Waals surface area contributed by atoms with Crippen molar-refractivity contribution < 1.29 is 17.9 Å². The molecule has 120 valence electrons. The van der Waals surface area contributed by atoms with E-state index in [4.69, 9.17) is 9.52 Å². The maximum Gasteiger partial charge on any atom is 0.244 e. The molecule has 1 fully saturated rings. The Labute approximate surface area is 126 Å². The molecule has 1 saturated heterocycles. The van der Waals surface area contributed by atoms with Crippen LogP contribution in [0, 0.1) is 12.8 Å². The summed E-state index contributed by atoms with van der Waals surface area (Å²) < 4.78 is 32.2. The maximum absolute atomic E-state index is 12.2. The lowest BCUT2D eigenvalue weighted by atomic mass is 9.94. The highest BCUT2D eigenvalue weighted by Crippen LogP contribution is 2.21. The van der Waals surface area contributed by atoms with Crippen molar-refractivity contribution in [1.82, 2.24) is 9.62 Å². The standard InChI is InChI=1S/C14H24N2O4S/c1-11-14(9-13(10-17)20-11)21(18,19)15-6-3-12-4-7-16(2)8-5-12/h9,12,15,17H,3-8,10H2,1-2H3. The van der Waals surface area contributed by atoms with Crippen LogP contribution < -0.4 is 4.72 Å². The predicted octanol–water partition coefficient (Wildman–Crippen LogP) is 1.09. The molecule has 21 heavy (non-hydrogen) atoms. The highest BCUT2D eigenvalue weighted by atomic mass is 32.2. The second-order valence-corrected chi connectivity index (χ2v) is 7.46. The number of sulfonamides is 1. The van der Waals surface area contributed by atoms with Gasteiger partial charge in [-0.2, -0.15) is 0 Å². The molecule has 0 atom stereocenters. The van der Waals surface area contributed by atoms with E-state index >= 15 is 0 Å². The molecule has 0 aliphatic carbocycles. The minimum Gasteiger partial charge on any atom is -0.462 e. The van der Waals surface area contributed by atoms with Crippen LogP contribution in [0.2, 0.25) is 0 Å². The summed E-state index contributed by atoms with van der Waals surface area (Å²) in [7, 11) is -1.45. The fourth-order valence-electron chi connectivity index (χ4n) is 2.69. The van der Waals surface area contributed by atoms with Gasteiger partial charge in [0, 0.05) is 12.6 Å². The van der Waals surface area contributed by atoms with Gasteiger partial charge in [-0.05, 0) is 52.2 Å². The van der Waals surface area contributed by atoms with Gasteiger partial charge >= 0.3 is 0 Å². The van der Waals surface area contributed by atoms with E-state index in [0.717, 1.165) is 32.4 Å². The van der Waals surface area contributed by atoms with Crippen LogP contribution in [0.25, 0.3) is 0 Å². The van der Waals surface area contributed by atoms with Crippen LogP contribution in [-0.2, 0) is 16.6 Å². The van der Waals surface area contributed by atoms with Gasteiger partial charge < -0.3 is 14.4 Å². The van der Waals surface area contributed by atoms with Crippen LogP contribution >= 0.6 is 0 Å². The number of hydrogen-bond acceptors (Lipinski definition) is 5. The molecule has 1 aliphatic heterocycles. The Kier molecular flexibility index (Phi) is 5.43. The Bertz CT molecular complexity index is 560. The van der Waals surface area contributed by atoms with Gasteiger partial charge in [-0.3, -0.25) is 0 Å². The molecule has 7 heteroatoms. The summed E-state index contributed by atoms with van der Waals surface area (Å²) in [4.78, 5) is 2.42. The second-order valence-electron chi connectivity index (χ2n) is 5.72. The lowest BCUT2D eigenvalue weighted by Gasteiger charge is -2.28. The maximum atomic E-state index is 12.2. The Morgan fingerprint density at radius 2 is 2.10 bits per heavy atom. The summed E-state index contributed by atoms with van der Waals surface area (Å²) in [5.74, 6) is 1.16. The fraction of sp³-hybridized carbons (Fsp3) is 0.714. The normalized spacial score (nSPS) is 18.2. The van der Waals surface area contributed by atoms with E-state index in [0.29, 0.717) is 18.2 Å². The second kappa shape index (κ2) is 6.91. The van der Waals surface area contributed by atoms with Gasteiger partial charge in [0.2, 0.25) is 10.0 Å². The van der Waals surface area contributed by atoms with E-state index in [1.54, 1.807) is 6.92 Å². The molecule has 0 saturated carbocycles. The first-order chi connectivity index (χ1) is 9.92. The van der Waals surface area contributed by atoms with Gasteiger partial charge in [-0.15, -0.1) is 0 Å². The van der Waals surface area contributed by atoms with Crippen molar-refractivity contribution >= 4 is 10.0 Å². The Morgan fingerprint density at radius 1 is 1.43 bits per heavy atom. The third kappa shape index (κ3) is 4.29. The number of aliphatic hydroxyl groups is 1. The van der Waals surface area contributed by atoms with E-state index in [1.807, 2.05) is 0 Å². The quantitative estimate of drug-likeness (QED) is 0.821. The van der Waals surface area contributed by atoms with Crippen LogP contribution in [0.4, 0.5) is 0 Å². The fourth-order valence-corrected chi connectivity index (χ4v) is 3.94.